The first-order valence-electron chi connectivity index (χ1n) is 14.0. The number of fused-ring (bicyclic) bond motifs is 1. The summed E-state index contributed by atoms with van der Waals surface area (Å²) in [5.74, 6) is -1.70. The number of aliphatic hydroxyl groups excluding tert-OH is 1. The predicted octanol–water partition coefficient (Wildman–Crippen LogP) is 3.02. The molecule has 0 radical (unpaired) electrons. The van der Waals surface area contributed by atoms with Crippen LogP contribution in [0.15, 0.2) is 40.2 Å². The van der Waals surface area contributed by atoms with Crippen molar-refractivity contribution >= 4 is 51.7 Å². The van der Waals surface area contributed by atoms with Gasteiger partial charge in [-0.2, -0.15) is 0 Å². The van der Waals surface area contributed by atoms with Gasteiger partial charge in [0.05, 0.1) is 23.0 Å². The number of anilines is 1. The Morgan fingerprint density at radius 1 is 1.24 bits per heavy atom. The van der Waals surface area contributed by atoms with Gasteiger partial charge in [-0.05, 0) is 37.5 Å². The van der Waals surface area contributed by atoms with Gasteiger partial charge in [-0.3, -0.25) is 19.7 Å². The van der Waals surface area contributed by atoms with Gasteiger partial charge in [-0.25, -0.2) is 9.78 Å². The molecular formula is C28H31N5O7S2. The van der Waals surface area contributed by atoms with E-state index >= 15 is 0 Å². The maximum atomic E-state index is 13.4. The summed E-state index contributed by atoms with van der Waals surface area (Å²) in [6, 6.07) is 5.43. The van der Waals surface area contributed by atoms with E-state index in [-0.39, 0.29) is 47.0 Å². The van der Waals surface area contributed by atoms with Gasteiger partial charge in [0.1, 0.15) is 18.0 Å². The minimum Gasteiger partial charge on any atom is -0.456 e. The molecular weight excluding hydrogens is 582 g/mol. The molecule has 0 aliphatic carbocycles. The van der Waals surface area contributed by atoms with Gasteiger partial charge < -0.3 is 24.5 Å². The lowest BCUT2D eigenvalue weighted by molar-refractivity contribution is -0.384. The van der Waals surface area contributed by atoms with E-state index in [1.165, 1.54) is 40.5 Å². The van der Waals surface area contributed by atoms with Crippen molar-refractivity contribution in [3.63, 3.8) is 0 Å². The molecule has 1 aromatic carbocycles. The normalized spacial score (nSPS) is 24.4. The number of nitro groups is 1. The second-order valence-electron chi connectivity index (χ2n) is 11.1. The molecule has 6 rings (SSSR count). The summed E-state index contributed by atoms with van der Waals surface area (Å²) in [6.07, 6.45) is 1.21. The van der Waals surface area contributed by atoms with Gasteiger partial charge in [0.2, 0.25) is 5.91 Å². The van der Waals surface area contributed by atoms with Crippen LogP contribution in [0.4, 0.5) is 10.8 Å². The molecule has 2 aromatic rings. The van der Waals surface area contributed by atoms with Crippen LogP contribution >= 0.6 is 23.1 Å². The standard InChI is InChI=1S/C28H31N5O7S2/c1-15-22-21(16(2)34)26(36)32(22)23(27(37)40-13-17-5-7-18(8-6-17)33(38)39)24(15)42-19-11-31(12-19)28-29-20(14-41-28)25(35)30-9-3-4-10-30/h5-8,14-16,19,21-22,34H,3-4,9-13H2,1-2H3/t15-,16-,21-,22-/m1/s1. The molecule has 4 aliphatic rings. The number of amides is 2. The minimum atomic E-state index is -0.843. The predicted molar refractivity (Wildman–Crippen MR) is 156 cm³/mol. The van der Waals surface area contributed by atoms with E-state index in [1.54, 1.807) is 18.7 Å². The molecule has 222 valence electrons. The Kier molecular flexibility index (Phi) is 7.70. The molecule has 42 heavy (non-hydrogen) atoms. The average Bonchev–Trinajstić information content (AvgIpc) is 3.69. The van der Waals surface area contributed by atoms with Gasteiger partial charge in [0, 0.05) is 59.8 Å². The van der Waals surface area contributed by atoms with Gasteiger partial charge in [0.15, 0.2) is 5.13 Å². The summed E-state index contributed by atoms with van der Waals surface area (Å²) in [5, 5.41) is 23.9. The van der Waals surface area contributed by atoms with Crippen LogP contribution < -0.4 is 4.90 Å². The van der Waals surface area contributed by atoms with Crippen molar-refractivity contribution in [1.82, 2.24) is 14.8 Å². The maximum Gasteiger partial charge on any atom is 0.356 e. The highest BCUT2D eigenvalue weighted by Gasteiger charge is 2.60. The second-order valence-corrected chi connectivity index (χ2v) is 13.3. The minimum absolute atomic E-state index is 0.0230. The number of benzene rings is 1. The molecule has 4 aliphatic heterocycles. The van der Waals surface area contributed by atoms with Crippen molar-refractivity contribution in [2.24, 2.45) is 11.8 Å². The number of esters is 1. The Bertz CT molecular complexity index is 1450. The maximum absolute atomic E-state index is 13.4. The highest BCUT2D eigenvalue weighted by Crippen LogP contribution is 2.52. The van der Waals surface area contributed by atoms with E-state index in [4.69, 9.17) is 4.74 Å². The SMILES string of the molecule is C[C@@H](O)[C@H]1C(=O)N2C(C(=O)OCc3ccc([N+](=O)[O-])cc3)=C(SC3CN(c4nc(C(=O)N5CCCC5)cs4)C3)[C@H](C)[C@H]12. The summed E-state index contributed by atoms with van der Waals surface area (Å²) in [4.78, 5) is 60.3. The molecule has 3 fully saturated rings. The van der Waals surface area contributed by atoms with E-state index in [9.17, 15) is 29.6 Å². The van der Waals surface area contributed by atoms with Crippen molar-refractivity contribution in [3.8, 4) is 0 Å². The molecule has 0 unspecified atom stereocenters. The molecule has 0 spiro atoms. The number of aromatic nitrogens is 1. The molecule has 0 saturated carbocycles. The van der Waals surface area contributed by atoms with Crippen LogP contribution in [0.5, 0.6) is 0 Å². The molecule has 2 amide bonds. The van der Waals surface area contributed by atoms with Crippen molar-refractivity contribution in [1.29, 1.82) is 0 Å². The first kappa shape index (κ1) is 28.6. The fourth-order valence-electron chi connectivity index (χ4n) is 6.04. The smallest absolute Gasteiger partial charge is 0.356 e. The topological polar surface area (TPSA) is 146 Å². The zero-order chi connectivity index (χ0) is 29.7. The van der Waals surface area contributed by atoms with Crippen LogP contribution in [0, 0.1) is 22.0 Å². The highest BCUT2D eigenvalue weighted by atomic mass is 32.2. The third kappa shape index (κ3) is 5.05. The molecule has 4 atom stereocenters. The summed E-state index contributed by atoms with van der Waals surface area (Å²) in [7, 11) is 0. The third-order valence-electron chi connectivity index (χ3n) is 8.34. The summed E-state index contributed by atoms with van der Waals surface area (Å²) in [6.45, 7) is 6.35. The number of likely N-dealkylation sites (tertiary alicyclic amines) is 1. The highest BCUT2D eigenvalue weighted by molar-refractivity contribution is 8.03. The number of rotatable bonds is 9. The van der Waals surface area contributed by atoms with Crippen molar-refractivity contribution in [2.45, 2.75) is 50.7 Å². The summed E-state index contributed by atoms with van der Waals surface area (Å²) in [5.41, 5.74) is 1.22. The Hall–Kier alpha value is -3.49. The van der Waals surface area contributed by atoms with Crippen molar-refractivity contribution < 1.29 is 29.2 Å². The number of hydrogen-bond acceptors (Lipinski definition) is 11. The number of ether oxygens (including phenoxy) is 1. The quantitative estimate of drug-likeness (QED) is 0.194. The van der Waals surface area contributed by atoms with E-state index in [2.05, 4.69) is 9.88 Å². The molecule has 14 heteroatoms. The number of nitrogens with zero attached hydrogens (tertiary/aromatic N) is 5. The van der Waals surface area contributed by atoms with Crippen LogP contribution in [-0.2, 0) is 20.9 Å². The van der Waals surface area contributed by atoms with Crippen LogP contribution in [0.2, 0.25) is 0 Å². The Balaban J connectivity index is 1.14. The van der Waals surface area contributed by atoms with Crippen LogP contribution in [0.3, 0.4) is 0 Å². The molecule has 3 saturated heterocycles. The monoisotopic (exact) mass is 613 g/mol. The average molecular weight is 614 g/mol. The van der Waals surface area contributed by atoms with Crippen LogP contribution in [0.25, 0.3) is 0 Å². The number of aliphatic hydroxyl groups is 1. The van der Waals surface area contributed by atoms with E-state index in [1.807, 2.05) is 17.2 Å². The number of thiazole rings is 1. The first-order valence-corrected chi connectivity index (χ1v) is 15.7. The Labute approximate surface area is 250 Å². The van der Waals surface area contributed by atoms with Gasteiger partial charge >= 0.3 is 5.97 Å². The lowest BCUT2D eigenvalue weighted by Gasteiger charge is -2.46. The fraction of sp³-hybridized carbons (Fsp3) is 0.500. The van der Waals surface area contributed by atoms with Crippen molar-refractivity contribution in [3.05, 3.63) is 61.6 Å². The number of non-ortho nitro benzene ring substituents is 1. The number of carbonyl (C=O) groups is 3. The number of thioether (sulfide) groups is 1. The van der Waals surface area contributed by atoms with Crippen molar-refractivity contribution in [2.75, 3.05) is 31.1 Å². The van der Waals surface area contributed by atoms with E-state index in [0.717, 1.165) is 36.0 Å². The van der Waals surface area contributed by atoms with Gasteiger partial charge in [0.25, 0.3) is 11.6 Å². The largest absolute Gasteiger partial charge is 0.456 e. The lowest BCUT2D eigenvalue weighted by atomic mass is 9.79. The molecule has 1 aromatic heterocycles. The molecule has 1 N–H and O–H groups in total. The molecule has 12 nitrogen and oxygen atoms in total. The lowest BCUT2D eigenvalue weighted by Crippen LogP contribution is -2.63. The number of hydrogen-bond donors (Lipinski definition) is 1. The number of carbonyl (C=O) groups excluding carboxylic acids is 3. The number of β-lactam (4-membered cyclic amide) rings is 1. The van der Waals surface area contributed by atoms with Gasteiger partial charge in [-0.1, -0.05) is 6.92 Å². The molecule has 0 bridgehead atoms. The third-order valence-corrected chi connectivity index (χ3v) is 10.7. The second kappa shape index (κ2) is 11.3. The van der Waals surface area contributed by atoms with Gasteiger partial charge in [-0.15, -0.1) is 23.1 Å². The Morgan fingerprint density at radius 2 is 1.93 bits per heavy atom. The zero-order valence-electron chi connectivity index (χ0n) is 23.2. The molecule has 5 heterocycles. The zero-order valence-corrected chi connectivity index (χ0v) is 24.8. The fourth-order valence-corrected chi connectivity index (χ4v) is 8.37. The first-order chi connectivity index (χ1) is 20.1. The van der Waals surface area contributed by atoms with Crippen LogP contribution in [0.1, 0.15) is 42.7 Å². The number of nitro benzene ring substituents is 1. The summed E-state index contributed by atoms with van der Waals surface area (Å²) >= 11 is 3.00. The van der Waals surface area contributed by atoms with E-state index in [0.29, 0.717) is 24.3 Å². The van der Waals surface area contributed by atoms with E-state index < -0.39 is 22.9 Å². The van der Waals surface area contributed by atoms with Crippen LogP contribution in [-0.4, -0.2) is 86.2 Å². The Morgan fingerprint density at radius 3 is 2.57 bits per heavy atom. The summed E-state index contributed by atoms with van der Waals surface area (Å²) < 4.78 is 5.59.